The van der Waals surface area contributed by atoms with E-state index in [1.165, 1.54) is 0 Å². The molecule has 0 unspecified atom stereocenters. The molecule has 0 bridgehead atoms. The normalized spacial score (nSPS) is 19.1. The van der Waals surface area contributed by atoms with E-state index in [0.29, 0.717) is 72.4 Å². The van der Waals surface area contributed by atoms with Crippen LogP contribution in [0, 0.1) is 0 Å². The Morgan fingerprint density at radius 3 is 2.04 bits per heavy atom. The fourth-order valence-corrected chi connectivity index (χ4v) is 2.72. The maximum absolute atomic E-state index is 10.8. The first-order chi connectivity index (χ1) is 13.8. The quantitative estimate of drug-likeness (QED) is 0.400. The Hall–Kier alpha value is -1.55. The maximum atomic E-state index is 10.8. The molecule has 1 aromatic carbocycles. The topological polar surface area (TPSA) is 95.5 Å². The van der Waals surface area contributed by atoms with Gasteiger partial charge in [0.05, 0.1) is 65.6 Å². The number of hydrogen-bond acceptors (Lipinski definition) is 7. The van der Waals surface area contributed by atoms with Crippen molar-refractivity contribution in [3.8, 4) is 0 Å². The molecule has 0 aromatic heterocycles. The smallest absolute Gasteiger partial charge is 0.320 e. The van der Waals surface area contributed by atoms with Crippen molar-refractivity contribution < 1.29 is 33.6 Å². The lowest BCUT2D eigenvalue weighted by molar-refractivity contribution is -0.139. The summed E-state index contributed by atoms with van der Waals surface area (Å²) < 4.78 is 27.4. The summed E-state index contributed by atoms with van der Waals surface area (Å²) in [5.74, 6) is -0.830. The molecule has 158 valence electrons. The van der Waals surface area contributed by atoms with Crippen LogP contribution in [0.2, 0.25) is 0 Å². The number of ether oxygens (including phenoxy) is 5. The van der Waals surface area contributed by atoms with Gasteiger partial charge in [-0.3, -0.25) is 4.79 Å². The maximum Gasteiger partial charge on any atom is 0.320 e. The summed E-state index contributed by atoms with van der Waals surface area (Å²) in [7, 11) is 0. The molecule has 1 aromatic rings. The first kappa shape index (κ1) is 22.7. The van der Waals surface area contributed by atoms with Gasteiger partial charge < -0.3 is 34.1 Å². The lowest BCUT2D eigenvalue weighted by Gasteiger charge is -2.11. The Kier molecular flexibility index (Phi) is 11.7. The van der Waals surface area contributed by atoms with Crippen molar-refractivity contribution in [2.75, 3.05) is 59.4 Å². The van der Waals surface area contributed by atoms with Gasteiger partial charge in [0, 0.05) is 13.0 Å². The highest BCUT2D eigenvalue weighted by atomic mass is 16.6. The summed E-state index contributed by atoms with van der Waals surface area (Å²) in [5.41, 5.74) is 1.15. The first-order valence-corrected chi connectivity index (χ1v) is 9.68. The van der Waals surface area contributed by atoms with Crippen LogP contribution >= 0.6 is 0 Å². The number of aliphatic carboxylic acids is 1. The van der Waals surface area contributed by atoms with E-state index in [1.807, 2.05) is 30.3 Å². The molecular weight excluding hydrogens is 366 g/mol. The van der Waals surface area contributed by atoms with Gasteiger partial charge in [0.1, 0.15) is 6.04 Å². The zero-order valence-electron chi connectivity index (χ0n) is 16.2. The van der Waals surface area contributed by atoms with Crippen LogP contribution in [0.5, 0.6) is 0 Å². The highest BCUT2D eigenvalue weighted by molar-refractivity contribution is 5.73. The van der Waals surface area contributed by atoms with Crippen LogP contribution in [-0.4, -0.2) is 82.6 Å². The van der Waals surface area contributed by atoms with Gasteiger partial charge in [-0.25, -0.2) is 0 Å². The number of carbonyl (C=O) groups is 1. The van der Waals surface area contributed by atoms with E-state index in [1.54, 1.807) is 0 Å². The van der Waals surface area contributed by atoms with Gasteiger partial charge in [-0.1, -0.05) is 30.3 Å². The first-order valence-electron chi connectivity index (χ1n) is 9.68. The second kappa shape index (κ2) is 14.4. The van der Waals surface area contributed by atoms with Gasteiger partial charge in [0.25, 0.3) is 0 Å². The van der Waals surface area contributed by atoms with Crippen molar-refractivity contribution >= 4 is 5.97 Å². The average Bonchev–Trinajstić information content (AvgIpc) is 3.18. The number of nitrogens with one attached hydrogen (secondary N) is 1. The summed E-state index contributed by atoms with van der Waals surface area (Å²) in [4.78, 5) is 10.8. The number of benzene rings is 1. The van der Waals surface area contributed by atoms with Crippen molar-refractivity contribution in [1.29, 1.82) is 0 Å². The van der Waals surface area contributed by atoms with Crippen LogP contribution in [0.15, 0.2) is 30.3 Å². The van der Waals surface area contributed by atoms with Crippen molar-refractivity contribution in [3.63, 3.8) is 0 Å². The lowest BCUT2D eigenvalue weighted by Crippen LogP contribution is -2.29. The summed E-state index contributed by atoms with van der Waals surface area (Å²) in [6, 6.07) is 9.53. The second-order valence-corrected chi connectivity index (χ2v) is 6.40. The SMILES string of the molecule is O=C(O)[C@@H]1C[C@H](OCCOCCOCCOCCOCc2ccccc2)CN1. The van der Waals surface area contributed by atoms with E-state index >= 15 is 0 Å². The molecule has 0 saturated carbocycles. The molecule has 1 aliphatic heterocycles. The monoisotopic (exact) mass is 397 g/mol. The summed E-state index contributed by atoms with van der Waals surface area (Å²) in [6.07, 6.45) is 0.435. The molecule has 2 rings (SSSR count). The van der Waals surface area contributed by atoms with E-state index < -0.39 is 12.0 Å². The highest BCUT2D eigenvalue weighted by Crippen LogP contribution is 2.10. The summed E-state index contributed by atoms with van der Waals surface area (Å²) in [5, 5.41) is 11.8. The molecular formula is C20H31NO7. The van der Waals surface area contributed by atoms with Crippen molar-refractivity contribution in [3.05, 3.63) is 35.9 Å². The van der Waals surface area contributed by atoms with Gasteiger partial charge in [0.2, 0.25) is 0 Å². The average molecular weight is 397 g/mol. The molecule has 28 heavy (non-hydrogen) atoms. The molecule has 1 fully saturated rings. The Balaban J connectivity index is 1.27. The minimum atomic E-state index is -0.830. The predicted octanol–water partition coefficient (Wildman–Crippen LogP) is 1.08. The molecule has 8 heteroatoms. The molecule has 8 nitrogen and oxygen atoms in total. The van der Waals surface area contributed by atoms with E-state index in [-0.39, 0.29) is 6.10 Å². The van der Waals surface area contributed by atoms with Crippen LogP contribution in [0.4, 0.5) is 0 Å². The van der Waals surface area contributed by atoms with Gasteiger partial charge in [0.15, 0.2) is 0 Å². The minimum absolute atomic E-state index is 0.0604. The van der Waals surface area contributed by atoms with Crippen molar-refractivity contribution in [2.45, 2.75) is 25.2 Å². The molecule has 1 heterocycles. The van der Waals surface area contributed by atoms with Crippen molar-refractivity contribution in [1.82, 2.24) is 5.32 Å². The molecule has 2 N–H and O–H groups in total. The molecule has 1 aliphatic rings. The van der Waals surface area contributed by atoms with E-state index in [4.69, 9.17) is 28.8 Å². The van der Waals surface area contributed by atoms with Crippen LogP contribution in [0.3, 0.4) is 0 Å². The fourth-order valence-electron chi connectivity index (χ4n) is 2.72. The fraction of sp³-hybridized carbons (Fsp3) is 0.650. The lowest BCUT2D eigenvalue weighted by atomic mass is 10.2. The number of carboxylic acid groups (broad SMARTS) is 1. The molecule has 0 amide bonds. The van der Waals surface area contributed by atoms with Gasteiger partial charge in [-0.15, -0.1) is 0 Å². The van der Waals surface area contributed by atoms with Gasteiger partial charge in [-0.05, 0) is 5.56 Å². The second-order valence-electron chi connectivity index (χ2n) is 6.40. The summed E-state index contributed by atoms with van der Waals surface area (Å²) in [6.45, 7) is 5.21. The van der Waals surface area contributed by atoms with Gasteiger partial charge >= 0.3 is 5.97 Å². The predicted molar refractivity (Wildman–Crippen MR) is 102 cm³/mol. The van der Waals surface area contributed by atoms with E-state index in [0.717, 1.165) is 5.56 Å². The summed E-state index contributed by atoms with van der Waals surface area (Å²) >= 11 is 0. The third kappa shape index (κ3) is 10.1. The van der Waals surface area contributed by atoms with Crippen LogP contribution < -0.4 is 5.32 Å². The van der Waals surface area contributed by atoms with Crippen LogP contribution in [-0.2, 0) is 35.1 Å². The Morgan fingerprint density at radius 2 is 1.46 bits per heavy atom. The Labute approximate surface area is 166 Å². The third-order valence-electron chi connectivity index (χ3n) is 4.20. The standard InChI is InChI=1S/C20H31NO7/c22-20(23)19-14-18(15-21-19)28-13-12-26-9-8-24-6-7-25-10-11-27-16-17-4-2-1-3-5-17/h1-5,18-19,21H,6-16H2,(H,22,23)/t18-,19-/m0/s1. The molecule has 2 atom stereocenters. The zero-order valence-corrected chi connectivity index (χ0v) is 16.2. The van der Waals surface area contributed by atoms with Crippen molar-refractivity contribution in [2.24, 2.45) is 0 Å². The van der Waals surface area contributed by atoms with E-state index in [9.17, 15) is 4.79 Å². The number of carboxylic acids is 1. The minimum Gasteiger partial charge on any atom is -0.480 e. The van der Waals surface area contributed by atoms with Crippen LogP contribution in [0.1, 0.15) is 12.0 Å². The van der Waals surface area contributed by atoms with Gasteiger partial charge in [-0.2, -0.15) is 0 Å². The Bertz CT molecular complexity index is 529. The number of rotatable bonds is 16. The zero-order chi connectivity index (χ0) is 19.9. The van der Waals surface area contributed by atoms with E-state index in [2.05, 4.69) is 5.32 Å². The largest absolute Gasteiger partial charge is 0.480 e. The molecule has 0 spiro atoms. The molecule has 1 saturated heterocycles. The Morgan fingerprint density at radius 1 is 0.893 bits per heavy atom. The highest BCUT2D eigenvalue weighted by Gasteiger charge is 2.29. The third-order valence-corrected chi connectivity index (χ3v) is 4.20. The van der Waals surface area contributed by atoms with Crippen LogP contribution in [0.25, 0.3) is 0 Å². The molecule has 0 aliphatic carbocycles. The molecule has 0 radical (unpaired) electrons. The number of hydrogen-bond donors (Lipinski definition) is 2.